The number of hydrogen-bond acceptors (Lipinski definition) is 6. The molecule has 0 aliphatic carbocycles. The standard InChI is InChI=1S/C20H21N5OS/c26-19(12-18-15-27-20(23-18)16-4-3-6-21-13-16)25-10-8-24(9-11-25)14-17-5-1-2-7-22-17/h1-7,13,15H,8-12,14H2. The Balaban J connectivity index is 1.29. The van der Waals surface area contributed by atoms with Crippen LogP contribution >= 0.6 is 11.3 Å². The van der Waals surface area contributed by atoms with Crippen LogP contribution in [-0.2, 0) is 17.8 Å². The van der Waals surface area contributed by atoms with Gasteiger partial charge in [-0.1, -0.05) is 6.07 Å². The maximum Gasteiger partial charge on any atom is 0.228 e. The Morgan fingerprint density at radius 3 is 2.67 bits per heavy atom. The Hall–Kier alpha value is -2.64. The zero-order valence-corrected chi connectivity index (χ0v) is 15.8. The van der Waals surface area contributed by atoms with Crippen molar-refractivity contribution in [2.75, 3.05) is 26.2 Å². The van der Waals surface area contributed by atoms with Gasteiger partial charge in [-0.15, -0.1) is 11.3 Å². The van der Waals surface area contributed by atoms with Crippen molar-refractivity contribution in [3.8, 4) is 10.6 Å². The van der Waals surface area contributed by atoms with E-state index in [1.807, 2.05) is 46.8 Å². The fourth-order valence-corrected chi connectivity index (χ4v) is 3.96. The number of thiazole rings is 1. The Labute approximate surface area is 162 Å². The lowest BCUT2D eigenvalue weighted by Crippen LogP contribution is -2.48. The second kappa shape index (κ2) is 8.37. The molecule has 3 aromatic heterocycles. The quantitative estimate of drug-likeness (QED) is 0.682. The average Bonchev–Trinajstić information content (AvgIpc) is 3.18. The molecule has 1 aliphatic rings. The Bertz CT molecular complexity index is 876. The smallest absolute Gasteiger partial charge is 0.228 e. The molecule has 6 nitrogen and oxygen atoms in total. The van der Waals surface area contributed by atoms with Crippen molar-refractivity contribution in [2.45, 2.75) is 13.0 Å². The largest absolute Gasteiger partial charge is 0.340 e. The zero-order valence-electron chi connectivity index (χ0n) is 15.0. The molecule has 4 heterocycles. The molecule has 0 bridgehead atoms. The number of carbonyl (C=O) groups is 1. The van der Waals surface area contributed by atoms with Crippen LogP contribution in [0.3, 0.4) is 0 Å². The van der Waals surface area contributed by atoms with Gasteiger partial charge in [0.15, 0.2) is 0 Å². The van der Waals surface area contributed by atoms with E-state index in [4.69, 9.17) is 0 Å². The first-order chi connectivity index (χ1) is 13.3. The molecule has 7 heteroatoms. The van der Waals surface area contributed by atoms with Crippen LogP contribution in [-0.4, -0.2) is 56.8 Å². The molecule has 27 heavy (non-hydrogen) atoms. The highest BCUT2D eigenvalue weighted by molar-refractivity contribution is 7.13. The highest BCUT2D eigenvalue weighted by atomic mass is 32.1. The fourth-order valence-electron chi connectivity index (χ4n) is 3.15. The molecule has 3 aromatic rings. The van der Waals surface area contributed by atoms with Gasteiger partial charge >= 0.3 is 0 Å². The van der Waals surface area contributed by atoms with Crippen molar-refractivity contribution in [1.29, 1.82) is 0 Å². The second-order valence-corrected chi connectivity index (χ2v) is 7.40. The van der Waals surface area contributed by atoms with E-state index in [-0.39, 0.29) is 5.91 Å². The summed E-state index contributed by atoms with van der Waals surface area (Å²) >= 11 is 1.56. The first kappa shape index (κ1) is 17.8. The van der Waals surface area contributed by atoms with Gasteiger partial charge in [0.05, 0.1) is 17.8 Å². The molecule has 0 spiro atoms. The minimum Gasteiger partial charge on any atom is -0.340 e. The normalized spacial score (nSPS) is 15.0. The van der Waals surface area contributed by atoms with Crippen molar-refractivity contribution in [2.24, 2.45) is 0 Å². The summed E-state index contributed by atoms with van der Waals surface area (Å²) in [5.41, 5.74) is 2.90. The van der Waals surface area contributed by atoms with Gasteiger partial charge in [0.1, 0.15) is 5.01 Å². The van der Waals surface area contributed by atoms with Gasteiger partial charge < -0.3 is 4.90 Å². The summed E-state index contributed by atoms with van der Waals surface area (Å²) in [5.74, 6) is 0.149. The fraction of sp³-hybridized carbons (Fsp3) is 0.300. The maximum absolute atomic E-state index is 12.6. The monoisotopic (exact) mass is 379 g/mol. The van der Waals surface area contributed by atoms with Crippen LogP contribution in [0, 0.1) is 0 Å². The molecule has 1 saturated heterocycles. The molecule has 0 radical (unpaired) electrons. The summed E-state index contributed by atoms with van der Waals surface area (Å²) in [4.78, 5) is 30.0. The third-order valence-electron chi connectivity index (χ3n) is 4.63. The predicted molar refractivity (Wildman–Crippen MR) is 105 cm³/mol. The molecule has 0 aromatic carbocycles. The van der Waals surface area contributed by atoms with E-state index in [2.05, 4.69) is 19.9 Å². The van der Waals surface area contributed by atoms with Crippen LogP contribution in [0.4, 0.5) is 0 Å². The van der Waals surface area contributed by atoms with Gasteiger partial charge in [0.2, 0.25) is 5.91 Å². The van der Waals surface area contributed by atoms with E-state index in [1.54, 1.807) is 23.7 Å². The third kappa shape index (κ3) is 4.56. The van der Waals surface area contributed by atoms with Gasteiger partial charge in [-0.25, -0.2) is 4.98 Å². The molecule has 0 N–H and O–H groups in total. The van der Waals surface area contributed by atoms with Gasteiger partial charge in [0.25, 0.3) is 0 Å². The van der Waals surface area contributed by atoms with E-state index in [1.165, 1.54) is 0 Å². The van der Waals surface area contributed by atoms with E-state index in [0.717, 1.165) is 54.7 Å². The molecule has 138 valence electrons. The predicted octanol–water partition coefficient (Wildman–Crippen LogP) is 2.49. The SMILES string of the molecule is O=C(Cc1csc(-c2cccnc2)n1)N1CCN(Cc2ccccn2)CC1. The maximum atomic E-state index is 12.6. The van der Waals surface area contributed by atoms with Crippen molar-refractivity contribution in [3.05, 3.63) is 65.7 Å². The number of piperazine rings is 1. The van der Waals surface area contributed by atoms with Crippen LogP contribution in [0.5, 0.6) is 0 Å². The lowest BCUT2D eigenvalue weighted by Gasteiger charge is -2.34. The van der Waals surface area contributed by atoms with Gasteiger partial charge in [-0.3, -0.25) is 19.7 Å². The van der Waals surface area contributed by atoms with Crippen molar-refractivity contribution < 1.29 is 4.79 Å². The summed E-state index contributed by atoms with van der Waals surface area (Å²) < 4.78 is 0. The van der Waals surface area contributed by atoms with E-state index >= 15 is 0 Å². The van der Waals surface area contributed by atoms with Crippen molar-refractivity contribution in [3.63, 3.8) is 0 Å². The minimum absolute atomic E-state index is 0.149. The third-order valence-corrected chi connectivity index (χ3v) is 5.57. The first-order valence-corrected chi connectivity index (χ1v) is 9.91. The van der Waals surface area contributed by atoms with Crippen molar-refractivity contribution >= 4 is 17.2 Å². The van der Waals surface area contributed by atoms with E-state index < -0.39 is 0 Å². The Kier molecular flexibility index (Phi) is 5.50. The lowest BCUT2D eigenvalue weighted by molar-refractivity contribution is -0.132. The Morgan fingerprint density at radius 2 is 1.93 bits per heavy atom. The van der Waals surface area contributed by atoms with Crippen LogP contribution in [0.1, 0.15) is 11.4 Å². The summed E-state index contributed by atoms with van der Waals surface area (Å²) in [6, 6.07) is 9.86. The molecule has 0 unspecified atom stereocenters. The molecule has 1 amide bonds. The summed E-state index contributed by atoms with van der Waals surface area (Å²) in [6.45, 7) is 4.10. The summed E-state index contributed by atoms with van der Waals surface area (Å²) in [7, 11) is 0. The number of aromatic nitrogens is 3. The van der Waals surface area contributed by atoms with Crippen LogP contribution in [0.15, 0.2) is 54.3 Å². The highest BCUT2D eigenvalue weighted by Gasteiger charge is 2.22. The number of rotatable bonds is 5. The first-order valence-electron chi connectivity index (χ1n) is 9.03. The number of amides is 1. The second-order valence-electron chi connectivity index (χ2n) is 6.54. The molecule has 0 saturated carbocycles. The number of pyridine rings is 2. The minimum atomic E-state index is 0.149. The average molecular weight is 379 g/mol. The molecule has 4 rings (SSSR count). The topological polar surface area (TPSA) is 62.2 Å². The zero-order chi connectivity index (χ0) is 18.5. The highest BCUT2D eigenvalue weighted by Crippen LogP contribution is 2.23. The van der Waals surface area contributed by atoms with Gasteiger partial charge in [0, 0.05) is 62.3 Å². The van der Waals surface area contributed by atoms with Crippen LogP contribution in [0.25, 0.3) is 10.6 Å². The number of nitrogens with zero attached hydrogens (tertiary/aromatic N) is 5. The number of carbonyl (C=O) groups excluding carboxylic acids is 1. The molecule has 0 atom stereocenters. The van der Waals surface area contributed by atoms with E-state index in [0.29, 0.717) is 6.42 Å². The number of hydrogen-bond donors (Lipinski definition) is 0. The van der Waals surface area contributed by atoms with Crippen LogP contribution in [0.2, 0.25) is 0 Å². The lowest BCUT2D eigenvalue weighted by atomic mass is 10.2. The van der Waals surface area contributed by atoms with Crippen molar-refractivity contribution in [1.82, 2.24) is 24.8 Å². The molecular formula is C20H21N5OS. The molecular weight excluding hydrogens is 358 g/mol. The van der Waals surface area contributed by atoms with Crippen LogP contribution < -0.4 is 0 Å². The van der Waals surface area contributed by atoms with Gasteiger partial charge in [-0.2, -0.15) is 0 Å². The molecule has 1 aliphatic heterocycles. The van der Waals surface area contributed by atoms with E-state index in [9.17, 15) is 4.79 Å². The summed E-state index contributed by atoms with van der Waals surface area (Å²) in [5, 5.41) is 2.88. The van der Waals surface area contributed by atoms with Gasteiger partial charge in [-0.05, 0) is 24.3 Å². The molecule has 1 fully saturated rings. The summed E-state index contributed by atoms with van der Waals surface area (Å²) in [6.07, 6.45) is 5.72. The Morgan fingerprint density at radius 1 is 1.04 bits per heavy atom.